The number of rotatable bonds is 4. The number of morpholine rings is 1. The number of aryl methyl sites for hydroxylation is 1. The predicted octanol–water partition coefficient (Wildman–Crippen LogP) is 2.14. The average molecular weight is 345 g/mol. The number of hydrogen-bond donors (Lipinski definition) is 0. The Morgan fingerprint density at radius 2 is 1.84 bits per heavy atom. The van der Waals surface area contributed by atoms with Gasteiger partial charge in [0, 0.05) is 45.0 Å². The lowest BCUT2D eigenvalue weighted by atomic mass is 10.1. The van der Waals surface area contributed by atoms with Crippen LogP contribution in [0.4, 0.5) is 5.69 Å². The summed E-state index contributed by atoms with van der Waals surface area (Å²) in [7, 11) is 0. The second-order valence-electron chi connectivity index (χ2n) is 7.02. The first kappa shape index (κ1) is 18.2. The van der Waals surface area contributed by atoms with Gasteiger partial charge in [-0.3, -0.25) is 9.69 Å². The fourth-order valence-corrected chi connectivity index (χ4v) is 3.99. The predicted molar refractivity (Wildman–Crippen MR) is 101 cm³/mol. The molecule has 2 saturated heterocycles. The molecule has 5 heteroatoms. The molecule has 0 saturated carbocycles. The maximum absolute atomic E-state index is 13.1. The van der Waals surface area contributed by atoms with Crippen LogP contribution in [0.25, 0.3) is 0 Å². The van der Waals surface area contributed by atoms with E-state index in [4.69, 9.17) is 4.74 Å². The van der Waals surface area contributed by atoms with E-state index in [1.165, 1.54) is 11.3 Å². The lowest BCUT2D eigenvalue weighted by molar-refractivity contribution is -0.138. The molecule has 0 bridgehead atoms. The summed E-state index contributed by atoms with van der Waals surface area (Å²) in [6.45, 7) is 11.1. The van der Waals surface area contributed by atoms with E-state index in [1.54, 1.807) is 0 Å². The van der Waals surface area contributed by atoms with E-state index in [0.717, 1.165) is 65.3 Å². The summed E-state index contributed by atoms with van der Waals surface area (Å²) in [4.78, 5) is 19.9. The van der Waals surface area contributed by atoms with Gasteiger partial charge in [0.15, 0.2) is 0 Å². The lowest BCUT2D eigenvalue weighted by Crippen LogP contribution is -2.52. The first-order valence-corrected chi connectivity index (χ1v) is 9.62. The normalized spacial score (nSPS) is 21.0. The third-order valence-electron chi connectivity index (χ3n) is 5.42. The topological polar surface area (TPSA) is 36.0 Å². The molecule has 138 valence electrons. The van der Waals surface area contributed by atoms with E-state index in [-0.39, 0.29) is 6.04 Å². The fourth-order valence-electron chi connectivity index (χ4n) is 3.99. The molecule has 1 amide bonds. The molecule has 2 fully saturated rings. The Hall–Kier alpha value is -1.59. The zero-order valence-corrected chi connectivity index (χ0v) is 15.6. The first-order valence-electron chi connectivity index (χ1n) is 9.62. The minimum absolute atomic E-state index is 0.00825. The van der Waals surface area contributed by atoms with Crippen molar-refractivity contribution in [3.05, 3.63) is 29.8 Å². The standard InChI is InChI=1S/C20H31N3O2/c1-3-18(22-13-15-25-16-14-22)20(24)23-10-6-9-21(11-12-23)19-8-5-4-7-17(19)2/h4-5,7-8,18H,3,6,9-16H2,1-2H3/t18-/m1/s1. The van der Waals surface area contributed by atoms with Gasteiger partial charge in [0.05, 0.1) is 19.3 Å². The highest BCUT2D eigenvalue weighted by atomic mass is 16.5. The Balaban J connectivity index is 1.63. The van der Waals surface area contributed by atoms with Crippen LogP contribution in [0.15, 0.2) is 24.3 Å². The van der Waals surface area contributed by atoms with E-state index >= 15 is 0 Å². The van der Waals surface area contributed by atoms with Crippen LogP contribution in [0.3, 0.4) is 0 Å². The van der Waals surface area contributed by atoms with E-state index < -0.39 is 0 Å². The highest BCUT2D eigenvalue weighted by molar-refractivity contribution is 5.82. The number of carbonyl (C=O) groups is 1. The summed E-state index contributed by atoms with van der Waals surface area (Å²) in [6.07, 6.45) is 1.90. The van der Waals surface area contributed by atoms with Gasteiger partial charge in [0.25, 0.3) is 0 Å². The van der Waals surface area contributed by atoms with Crippen LogP contribution in [0.2, 0.25) is 0 Å². The molecule has 5 nitrogen and oxygen atoms in total. The Kier molecular flexibility index (Phi) is 6.32. The number of carbonyl (C=O) groups excluding carboxylic acids is 1. The third kappa shape index (κ3) is 4.33. The molecule has 2 aliphatic rings. The van der Waals surface area contributed by atoms with Crippen LogP contribution in [0.1, 0.15) is 25.3 Å². The third-order valence-corrected chi connectivity index (χ3v) is 5.42. The van der Waals surface area contributed by atoms with E-state index in [2.05, 4.69) is 52.8 Å². The molecule has 0 aliphatic carbocycles. The summed E-state index contributed by atoms with van der Waals surface area (Å²) in [6, 6.07) is 8.54. The van der Waals surface area contributed by atoms with Crippen LogP contribution in [-0.2, 0) is 9.53 Å². The first-order chi connectivity index (χ1) is 12.2. The quantitative estimate of drug-likeness (QED) is 0.838. The molecular weight excluding hydrogens is 314 g/mol. The maximum Gasteiger partial charge on any atom is 0.239 e. The summed E-state index contributed by atoms with van der Waals surface area (Å²) >= 11 is 0. The molecule has 0 N–H and O–H groups in total. The van der Waals surface area contributed by atoms with Gasteiger partial charge in [-0.1, -0.05) is 25.1 Å². The summed E-state index contributed by atoms with van der Waals surface area (Å²) < 4.78 is 5.44. The van der Waals surface area contributed by atoms with Crippen molar-refractivity contribution in [2.24, 2.45) is 0 Å². The van der Waals surface area contributed by atoms with Crippen LogP contribution in [0, 0.1) is 6.92 Å². The van der Waals surface area contributed by atoms with Gasteiger partial charge < -0.3 is 14.5 Å². The lowest BCUT2D eigenvalue weighted by Gasteiger charge is -2.36. The zero-order chi connectivity index (χ0) is 17.6. The number of anilines is 1. The Morgan fingerprint density at radius 3 is 2.56 bits per heavy atom. The Labute approximate surface area is 151 Å². The minimum atomic E-state index is 0.00825. The van der Waals surface area contributed by atoms with Crippen molar-refractivity contribution in [1.82, 2.24) is 9.80 Å². The molecule has 0 spiro atoms. The number of hydrogen-bond acceptors (Lipinski definition) is 4. The highest BCUT2D eigenvalue weighted by Crippen LogP contribution is 2.21. The van der Waals surface area contributed by atoms with Crippen molar-refractivity contribution in [1.29, 1.82) is 0 Å². The molecule has 3 rings (SSSR count). The van der Waals surface area contributed by atoms with Gasteiger partial charge in [-0.15, -0.1) is 0 Å². The van der Waals surface area contributed by atoms with Gasteiger partial charge in [-0.05, 0) is 31.4 Å². The molecule has 0 unspecified atom stereocenters. The van der Waals surface area contributed by atoms with Gasteiger partial charge >= 0.3 is 0 Å². The fraction of sp³-hybridized carbons (Fsp3) is 0.650. The van der Waals surface area contributed by atoms with Crippen LogP contribution in [0.5, 0.6) is 0 Å². The molecule has 2 aliphatic heterocycles. The number of para-hydroxylation sites is 1. The Bertz CT molecular complexity index is 572. The second-order valence-corrected chi connectivity index (χ2v) is 7.02. The average Bonchev–Trinajstić information content (AvgIpc) is 2.90. The van der Waals surface area contributed by atoms with Crippen molar-refractivity contribution in [3.63, 3.8) is 0 Å². The van der Waals surface area contributed by atoms with Crippen LogP contribution >= 0.6 is 0 Å². The van der Waals surface area contributed by atoms with E-state index in [1.807, 2.05) is 0 Å². The summed E-state index contributed by atoms with van der Waals surface area (Å²) in [5.41, 5.74) is 2.61. The SMILES string of the molecule is CC[C@H](C(=O)N1CCCN(c2ccccc2C)CC1)N1CCOCC1. The van der Waals surface area contributed by atoms with E-state index in [0.29, 0.717) is 5.91 Å². The maximum atomic E-state index is 13.1. The van der Waals surface area contributed by atoms with Crippen LogP contribution < -0.4 is 4.90 Å². The summed E-state index contributed by atoms with van der Waals surface area (Å²) in [5, 5.41) is 0. The molecule has 0 radical (unpaired) electrons. The number of benzene rings is 1. The smallest absolute Gasteiger partial charge is 0.239 e. The van der Waals surface area contributed by atoms with Crippen molar-refractivity contribution in [2.45, 2.75) is 32.7 Å². The van der Waals surface area contributed by atoms with Crippen LogP contribution in [-0.4, -0.2) is 74.2 Å². The molecule has 1 atom stereocenters. The van der Waals surface area contributed by atoms with Crippen molar-refractivity contribution in [2.75, 3.05) is 57.4 Å². The molecule has 0 aromatic heterocycles. The number of ether oxygens (including phenoxy) is 1. The largest absolute Gasteiger partial charge is 0.379 e. The van der Waals surface area contributed by atoms with Crippen molar-refractivity contribution >= 4 is 11.6 Å². The van der Waals surface area contributed by atoms with E-state index in [9.17, 15) is 4.79 Å². The van der Waals surface area contributed by atoms with Crippen molar-refractivity contribution < 1.29 is 9.53 Å². The van der Waals surface area contributed by atoms with Gasteiger partial charge in [-0.2, -0.15) is 0 Å². The molecule has 1 aromatic carbocycles. The highest BCUT2D eigenvalue weighted by Gasteiger charge is 2.30. The minimum Gasteiger partial charge on any atom is -0.379 e. The Morgan fingerprint density at radius 1 is 1.08 bits per heavy atom. The number of nitrogens with zero attached hydrogens (tertiary/aromatic N) is 3. The molecule has 2 heterocycles. The monoisotopic (exact) mass is 345 g/mol. The van der Waals surface area contributed by atoms with Crippen molar-refractivity contribution in [3.8, 4) is 0 Å². The molecule has 1 aromatic rings. The van der Waals surface area contributed by atoms with Gasteiger partial charge in [0.2, 0.25) is 5.91 Å². The zero-order valence-electron chi connectivity index (χ0n) is 15.6. The van der Waals surface area contributed by atoms with Gasteiger partial charge in [0.1, 0.15) is 0 Å². The molecular formula is C20H31N3O2. The second kappa shape index (κ2) is 8.68. The number of amides is 1. The van der Waals surface area contributed by atoms with Gasteiger partial charge in [-0.25, -0.2) is 0 Å². The molecule has 25 heavy (non-hydrogen) atoms. The summed E-state index contributed by atoms with van der Waals surface area (Å²) in [5.74, 6) is 0.302.